The van der Waals surface area contributed by atoms with Crippen LogP contribution in [0.15, 0.2) is 29.8 Å². The van der Waals surface area contributed by atoms with Crippen molar-refractivity contribution in [3.05, 3.63) is 40.3 Å². The van der Waals surface area contributed by atoms with Gasteiger partial charge in [-0.1, -0.05) is 0 Å². The third-order valence-electron chi connectivity index (χ3n) is 2.51. The highest BCUT2D eigenvalue weighted by atomic mass is 32.1. The Morgan fingerprint density at radius 3 is 2.74 bits per heavy atom. The minimum Gasteiger partial charge on any atom is -0.398 e. The van der Waals surface area contributed by atoms with Crippen molar-refractivity contribution >= 4 is 22.7 Å². The fourth-order valence-corrected chi connectivity index (χ4v) is 2.22. The van der Waals surface area contributed by atoms with Crippen molar-refractivity contribution in [1.82, 2.24) is 4.98 Å². The minimum atomic E-state index is -4.43. The molecule has 7 heteroatoms. The molecule has 102 valence electrons. The van der Waals surface area contributed by atoms with Crippen LogP contribution in [0.2, 0.25) is 0 Å². The number of anilines is 2. The lowest BCUT2D eigenvalue weighted by Crippen LogP contribution is -2.11. The standard InChI is InChI=1S/C12H12F3N3S/c13-12(14,15)9-7-8(1-2-10(9)16)17-4-3-11-18-5-6-19-11/h1-2,5-7,17H,3-4,16H2. The van der Waals surface area contributed by atoms with Crippen LogP contribution in [0.3, 0.4) is 0 Å². The van der Waals surface area contributed by atoms with E-state index in [0.717, 1.165) is 11.1 Å². The van der Waals surface area contributed by atoms with Crippen LogP contribution in [-0.2, 0) is 12.6 Å². The van der Waals surface area contributed by atoms with Crippen LogP contribution < -0.4 is 11.1 Å². The molecule has 0 fully saturated rings. The van der Waals surface area contributed by atoms with Gasteiger partial charge in [-0.2, -0.15) is 13.2 Å². The number of nitrogens with two attached hydrogens (primary N) is 1. The first-order valence-electron chi connectivity index (χ1n) is 5.56. The first-order chi connectivity index (χ1) is 8.97. The maximum absolute atomic E-state index is 12.7. The third-order valence-corrected chi connectivity index (χ3v) is 3.35. The molecule has 0 aliphatic rings. The normalized spacial score (nSPS) is 11.5. The van der Waals surface area contributed by atoms with E-state index in [2.05, 4.69) is 10.3 Å². The molecule has 19 heavy (non-hydrogen) atoms. The Bertz CT molecular complexity index is 538. The highest BCUT2D eigenvalue weighted by molar-refractivity contribution is 7.09. The van der Waals surface area contributed by atoms with Gasteiger partial charge in [0.05, 0.1) is 10.6 Å². The maximum atomic E-state index is 12.7. The van der Waals surface area contributed by atoms with E-state index in [4.69, 9.17) is 5.73 Å². The first kappa shape index (κ1) is 13.7. The van der Waals surface area contributed by atoms with Gasteiger partial charge in [0, 0.05) is 35.9 Å². The molecule has 0 aliphatic carbocycles. The molecule has 1 heterocycles. The number of aromatic nitrogens is 1. The Morgan fingerprint density at radius 2 is 2.11 bits per heavy atom. The fourth-order valence-electron chi connectivity index (χ4n) is 1.60. The number of benzene rings is 1. The average molecular weight is 287 g/mol. The monoisotopic (exact) mass is 287 g/mol. The third kappa shape index (κ3) is 3.60. The zero-order chi connectivity index (χ0) is 13.9. The molecule has 0 saturated heterocycles. The summed E-state index contributed by atoms with van der Waals surface area (Å²) in [6, 6.07) is 3.82. The van der Waals surface area contributed by atoms with Gasteiger partial charge in [-0.15, -0.1) is 11.3 Å². The molecule has 0 atom stereocenters. The molecule has 0 saturated carbocycles. The number of thiazole rings is 1. The molecule has 0 amide bonds. The maximum Gasteiger partial charge on any atom is 0.418 e. The lowest BCUT2D eigenvalue weighted by Gasteiger charge is -2.12. The minimum absolute atomic E-state index is 0.266. The van der Waals surface area contributed by atoms with Crippen LogP contribution in [-0.4, -0.2) is 11.5 Å². The molecule has 1 aromatic carbocycles. The molecule has 2 aromatic rings. The van der Waals surface area contributed by atoms with Gasteiger partial charge >= 0.3 is 6.18 Å². The average Bonchev–Trinajstić information content (AvgIpc) is 2.83. The van der Waals surface area contributed by atoms with Gasteiger partial charge in [0.1, 0.15) is 0 Å². The second-order valence-electron chi connectivity index (χ2n) is 3.90. The van der Waals surface area contributed by atoms with E-state index >= 15 is 0 Å². The van der Waals surface area contributed by atoms with Crippen molar-refractivity contribution in [2.75, 3.05) is 17.6 Å². The lowest BCUT2D eigenvalue weighted by molar-refractivity contribution is -0.136. The molecule has 1 aromatic heterocycles. The van der Waals surface area contributed by atoms with Crippen molar-refractivity contribution in [2.45, 2.75) is 12.6 Å². The fraction of sp³-hybridized carbons (Fsp3) is 0.250. The summed E-state index contributed by atoms with van der Waals surface area (Å²) >= 11 is 1.52. The van der Waals surface area contributed by atoms with Gasteiger partial charge in [0.25, 0.3) is 0 Å². The predicted octanol–water partition coefficient (Wildman–Crippen LogP) is 3.40. The van der Waals surface area contributed by atoms with Crippen molar-refractivity contribution in [3.8, 4) is 0 Å². The molecule has 3 N–H and O–H groups in total. The number of hydrogen-bond donors (Lipinski definition) is 2. The van der Waals surface area contributed by atoms with Gasteiger partial charge in [0.2, 0.25) is 0 Å². The summed E-state index contributed by atoms with van der Waals surface area (Å²) in [5.74, 6) is 0. The zero-order valence-electron chi connectivity index (χ0n) is 9.87. The van der Waals surface area contributed by atoms with E-state index in [9.17, 15) is 13.2 Å². The number of alkyl halides is 3. The lowest BCUT2D eigenvalue weighted by atomic mass is 10.1. The van der Waals surface area contributed by atoms with Gasteiger partial charge in [-0.3, -0.25) is 0 Å². The SMILES string of the molecule is Nc1ccc(NCCc2nccs2)cc1C(F)(F)F. The molecule has 0 unspecified atom stereocenters. The number of halogens is 3. The smallest absolute Gasteiger partial charge is 0.398 e. The molecule has 3 nitrogen and oxygen atoms in total. The van der Waals surface area contributed by atoms with E-state index in [1.54, 1.807) is 6.20 Å². The summed E-state index contributed by atoms with van der Waals surface area (Å²) in [7, 11) is 0. The van der Waals surface area contributed by atoms with Crippen LogP contribution in [0.1, 0.15) is 10.6 Å². The quantitative estimate of drug-likeness (QED) is 0.847. The molecule has 2 rings (SSSR count). The van der Waals surface area contributed by atoms with E-state index < -0.39 is 11.7 Å². The number of nitrogen functional groups attached to an aromatic ring is 1. The topological polar surface area (TPSA) is 50.9 Å². The summed E-state index contributed by atoms with van der Waals surface area (Å²) in [5.41, 5.74) is 4.65. The Hall–Kier alpha value is -1.76. The highest BCUT2D eigenvalue weighted by Gasteiger charge is 2.33. The van der Waals surface area contributed by atoms with Gasteiger partial charge in [-0.25, -0.2) is 4.98 Å². The van der Waals surface area contributed by atoms with Crippen LogP contribution in [0.4, 0.5) is 24.5 Å². The molecular formula is C12H12F3N3S. The van der Waals surface area contributed by atoms with Crippen molar-refractivity contribution in [3.63, 3.8) is 0 Å². The van der Waals surface area contributed by atoms with Gasteiger partial charge in [-0.05, 0) is 18.2 Å². The summed E-state index contributed by atoms with van der Waals surface area (Å²) in [5, 5.41) is 5.74. The Morgan fingerprint density at radius 1 is 1.32 bits per heavy atom. The second-order valence-corrected chi connectivity index (χ2v) is 4.88. The summed E-state index contributed by atoms with van der Waals surface area (Å²) < 4.78 is 38.0. The van der Waals surface area contributed by atoms with E-state index in [1.165, 1.54) is 23.5 Å². The van der Waals surface area contributed by atoms with E-state index in [-0.39, 0.29) is 5.69 Å². The molecular weight excluding hydrogens is 275 g/mol. The Balaban J connectivity index is 2.01. The number of nitrogens with zero attached hydrogens (tertiary/aromatic N) is 1. The first-order valence-corrected chi connectivity index (χ1v) is 6.44. The molecule has 0 bridgehead atoms. The van der Waals surface area contributed by atoms with Crippen molar-refractivity contribution < 1.29 is 13.2 Å². The zero-order valence-corrected chi connectivity index (χ0v) is 10.7. The van der Waals surface area contributed by atoms with Crippen LogP contribution in [0.25, 0.3) is 0 Å². The van der Waals surface area contributed by atoms with Crippen molar-refractivity contribution in [2.24, 2.45) is 0 Å². The van der Waals surface area contributed by atoms with Crippen molar-refractivity contribution in [1.29, 1.82) is 0 Å². The summed E-state index contributed by atoms with van der Waals surface area (Å²) in [6.45, 7) is 0.523. The highest BCUT2D eigenvalue weighted by Crippen LogP contribution is 2.35. The number of hydrogen-bond acceptors (Lipinski definition) is 4. The number of nitrogens with one attached hydrogen (secondary N) is 1. The number of rotatable bonds is 4. The van der Waals surface area contributed by atoms with Gasteiger partial charge in [0.15, 0.2) is 0 Å². The van der Waals surface area contributed by atoms with Crippen LogP contribution in [0.5, 0.6) is 0 Å². The molecule has 0 spiro atoms. The van der Waals surface area contributed by atoms with E-state index in [0.29, 0.717) is 18.7 Å². The molecule has 0 aliphatic heterocycles. The summed E-state index contributed by atoms with van der Waals surface area (Å²) in [6.07, 6.45) is -2.06. The Kier molecular flexibility index (Phi) is 3.94. The second kappa shape index (κ2) is 5.48. The van der Waals surface area contributed by atoms with Gasteiger partial charge < -0.3 is 11.1 Å². The Labute approximate surface area is 112 Å². The predicted molar refractivity (Wildman–Crippen MR) is 70.2 cm³/mol. The molecule has 0 radical (unpaired) electrons. The largest absolute Gasteiger partial charge is 0.418 e. The van der Waals surface area contributed by atoms with Crippen LogP contribution >= 0.6 is 11.3 Å². The summed E-state index contributed by atoms with van der Waals surface area (Å²) in [4.78, 5) is 4.10. The van der Waals surface area contributed by atoms with Crippen LogP contribution in [0, 0.1) is 0 Å². The van der Waals surface area contributed by atoms with E-state index in [1.807, 2.05) is 5.38 Å².